The van der Waals surface area contributed by atoms with Crippen LogP contribution >= 0.6 is 0 Å². The SMILES string of the molecule is NC(=O)c1cccc(C2CCOCC2)c1C1CCNCC1. The number of ether oxygens (including phenoxy) is 1. The van der Waals surface area contributed by atoms with Crippen molar-refractivity contribution in [1.82, 2.24) is 5.32 Å². The molecule has 2 heterocycles. The van der Waals surface area contributed by atoms with Gasteiger partial charge in [0.1, 0.15) is 0 Å². The fourth-order valence-electron chi connectivity index (χ4n) is 3.73. The number of carbonyl (C=O) groups is 1. The first-order valence-electron chi connectivity index (χ1n) is 7.98. The molecular weight excluding hydrogens is 264 g/mol. The van der Waals surface area contributed by atoms with E-state index in [9.17, 15) is 4.79 Å². The van der Waals surface area contributed by atoms with Crippen LogP contribution in [0.4, 0.5) is 0 Å². The average molecular weight is 288 g/mol. The van der Waals surface area contributed by atoms with E-state index in [4.69, 9.17) is 10.5 Å². The van der Waals surface area contributed by atoms with E-state index in [2.05, 4.69) is 11.4 Å². The van der Waals surface area contributed by atoms with Crippen LogP contribution < -0.4 is 11.1 Å². The van der Waals surface area contributed by atoms with Crippen LogP contribution in [0, 0.1) is 0 Å². The molecule has 2 aliphatic heterocycles. The standard InChI is InChI=1S/C17H24N2O2/c18-17(20)15-3-1-2-14(12-6-10-21-11-7-12)16(15)13-4-8-19-9-5-13/h1-3,12-13,19H,4-11H2,(H2,18,20). The molecule has 1 aromatic carbocycles. The zero-order chi connectivity index (χ0) is 14.7. The van der Waals surface area contributed by atoms with E-state index < -0.39 is 0 Å². The van der Waals surface area contributed by atoms with Gasteiger partial charge >= 0.3 is 0 Å². The Morgan fingerprint density at radius 2 is 1.81 bits per heavy atom. The van der Waals surface area contributed by atoms with Crippen molar-refractivity contribution in [2.45, 2.75) is 37.5 Å². The van der Waals surface area contributed by atoms with E-state index in [1.165, 1.54) is 11.1 Å². The topological polar surface area (TPSA) is 64.4 Å². The van der Waals surface area contributed by atoms with Gasteiger partial charge in [-0.25, -0.2) is 0 Å². The number of nitrogens with two attached hydrogens (primary N) is 1. The highest BCUT2D eigenvalue weighted by atomic mass is 16.5. The molecular formula is C17H24N2O2. The highest BCUT2D eigenvalue weighted by Crippen LogP contribution is 2.38. The Bertz CT molecular complexity index is 504. The van der Waals surface area contributed by atoms with Crippen LogP contribution in [0.1, 0.15) is 59.0 Å². The number of nitrogens with one attached hydrogen (secondary N) is 1. The first kappa shape index (κ1) is 14.5. The second-order valence-corrected chi connectivity index (χ2v) is 6.08. The Morgan fingerprint density at radius 1 is 1.10 bits per heavy atom. The zero-order valence-electron chi connectivity index (χ0n) is 12.4. The molecule has 4 heteroatoms. The molecule has 21 heavy (non-hydrogen) atoms. The van der Waals surface area contributed by atoms with Crippen molar-refractivity contribution in [1.29, 1.82) is 0 Å². The summed E-state index contributed by atoms with van der Waals surface area (Å²) in [6, 6.07) is 6.07. The summed E-state index contributed by atoms with van der Waals surface area (Å²) < 4.78 is 5.48. The highest BCUT2D eigenvalue weighted by molar-refractivity contribution is 5.95. The van der Waals surface area contributed by atoms with E-state index >= 15 is 0 Å². The van der Waals surface area contributed by atoms with Gasteiger partial charge in [0.25, 0.3) is 0 Å². The fourth-order valence-corrected chi connectivity index (χ4v) is 3.73. The second kappa shape index (κ2) is 6.58. The predicted molar refractivity (Wildman–Crippen MR) is 82.6 cm³/mol. The van der Waals surface area contributed by atoms with Crippen LogP contribution in [0.15, 0.2) is 18.2 Å². The van der Waals surface area contributed by atoms with Crippen LogP contribution in [0.25, 0.3) is 0 Å². The van der Waals surface area contributed by atoms with Crippen LogP contribution in [0.3, 0.4) is 0 Å². The molecule has 0 spiro atoms. The molecule has 3 rings (SSSR count). The number of rotatable bonds is 3. The minimum atomic E-state index is -0.294. The minimum absolute atomic E-state index is 0.294. The summed E-state index contributed by atoms with van der Waals surface area (Å²) in [4.78, 5) is 11.9. The van der Waals surface area contributed by atoms with Gasteiger partial charge in [-0.3, -0.25) is 4.79 Å². The smallest absolute Gasteiger partial charge is 0.248 e. The van der Waals surface area contributed by atoms with Crippen molar-refractivity contribution in [3.63, 3.8) is 0 Å². The van der Waals surface area contributed by atoms with E-state index in [-0.39, 0.29) is 5.91 Å². The lowest BCUT2D eigenvalue weighted by Gasteiger charge is -2.31. The van der Waals surface area contributed by atoms with Gasteiger partial charge < -0.3 is 15.8 Å². The van der Waals surface area contributed by atoms with Crippen molar-refractivity contribution in [3.05, 3.63) is 34.9 Å². The molecule has 1 amide bonds. The number of hydrogen-bond donors (Lipinski definition) is 2. The van der Waals surface area contributed by atoms with Gasteiger partial charge in [0.05, 0.1) is 0 Å². The van der Waals surface area contributed by atoms with Gasteiger partial charge in [-0.2, -0.15) is 0 Å². The van der Waals surface area contributed by atoms with Crippen LogP contribution in [0.5, 0.6) is 0 Å². The summed E-state index contributed by atoms with van der Waals surface area (Å²) in [6.07, 6.45) is 4.25. The molecule has 0 bridgehead atoms. The molecule has 0 saturated carbocycles. The molecule has 4 nitrogen and oxygen atoms in total. The number of piperidine rings is 1. The van der Waals surface area contributed by atoms with Gasteiger partial charge in [-0.1, -0.05) is 12.1 Å². The van der Waals surface area contributed by atoms with E-state index in [0.717, 1.165) is 57.6 Å². The first-order valence-corrected chi connectivity index (χ1v) is 7.98. The normalized spacial score (nSPS) is 21.3. The molecule has 2 fully saturated rings. The maximum absolute atomic E-state index is 11.9. The molecule has 1 aromatic rings. The van der Waals surface area contributed by atoms with E-state index in [1.807, 2.05) is 12.1 Å². The molecule has 0 aromatic heterocycles. The van der Waals surface area contributed by atoms with Crippen molar-refractivity contribution >= 4 is 5.91 Å². The summed E-state index contributed by atoms with van der Waals surface area (Å²) in [5, 5.41) is 3.40. The fraction of sp³-hybridized carbons (Fsp3) is 0.588. The summed E-state index contributed by atoms with van der Waals surface area (Å²) in [6.45, 7) is 3.67. The lowest BCUT2D eigenvalue weighted by Crippen LogP contribution is -2.29. The quantitative estimate of drug-likeness (QED) is 0.895. The Morgan fingerprint density at radius 3 is 2.48 bits per heavy atom. The van der Waals surface area contributed by atoms with Gasteiger partial charge in [-0.15, -0.1) is 0 Å². The lowest BCUT2D eigenvalue weighted by molar-refractivity contribution is 0.0850. The first-order chi connectivity index (χ1) is 10.3. The minimum Gasteiger partial charge on any atom is -0.381 e. The van der Waals surface area contributed by atoms with Crippen LogP contribution in [-0.2, 0) is 4.74 Å². The Labute approximate surface area is 126 Å². The van der Waals surface area contributed by atoms with Crippen molar-refractivity contribution in [3.8, 4) is 0 Å². The number of hydrogen-bond acceptors (Lipinski definition) is 3. The Balaban J connectivity index is 2.00. The van der Waals surface area contributed by atoms with Crippen molar-refractivity contribution in [2.24, 2.45) is 5.73 Å². The van der Waals surface area contributed by atoms with Gasteiger partial charge in [0, 0.05) is 18.8 Å². The molecule has 0 radical (unpaired) electrons. The Kier molecular flexibility index (Phi) is 4.56. The number of amides is 1. The molecule has 0 aliphatic carbocycles. The van der Waals surface area contributed by atoms with Crippen molar-refractivity contribution < 1.29 is 9.53 Å². The molecule has 0 atom stereocenters. The number of primary amides is 1. The van der Waals surface area contributed by atoms with Gasteiger partial charge in [-0.05, 0) is 67.8 Å². The summed E-state index contributed by atoms with van der Waals surface area (Å²) in [5.74, 6) is 0.660. The maximum atomic E-state index is 11.9. The molecule has 3 N–H and O–H groups in total. The average Bonchev–Trinajstić information content (AvgIpc) is 2.55. The third kappa shape index (κ3) is 3.11. The summed E-state index contributed by atoms with van der Waals surface area (Å²) in [7, 11) is 0. The van der Waals surface area contributed by atoms with E-state index in [1.54, 1.807) is 0 Å². The van der Waals surface area contributed by atoms with E-state index in [0.29, 0.717) is 11.8 Å². The van der Waals surface area contributed by atoms with Gasteiger partial charge in [0.2, 0.25) is 5.91 Å². The molecule has 2 saturated heterocycles. The summed E-state index contributed by atoms with van der Waals surface area (Å²) >= 11 is 0. The molecule has 0 unspecified atom stereocenters. The number of carbonyl (C=O) groups excluding carboxylic acids is 1. The zero-order valence-corrected chi connectivity index (χ0v) is 12.4. The molecule has 2 aliphatic rings. The third-order valence-corrected chi connectivity index (χ3v) is 4.81. The monoisotopic (exact) mass is 288 g/mol. The second-order valence-electron chi connectivity index (χ2n) is 6.08. The van der Waals surface area contributed by atoms with Crippen molar-refractivity contribution in [2.75, 3.05) is 26.3 Å². The van der Waals surface area contributed by atoms with Gasteiger partial charge in [0.15, 0.2) is 0 Å². The summed E-state index contributed by atoms with van der Waals surface area (Å²) in [5.41, 5.74) is 8.92. The highest BCUT2D eigenvalue weighted by Gasteiger charge is 2.27. The lowest BCUT2D eigenvalue weighted by atomic mass is 9.78. The van der Waals surface area contributed by atoms with Crippen LogP contribution in [0.2, 0.25) is 0 Å². The molecule has 114 valence electrons. The van der Waals surface area contributed by atoms with Crippen LogP contribution in [-0.4, -0.2) is 32.2 Å². The largest absolute Gasteiger partial charge is 0.381 e. The number of benzene rings is 1. The third-order valence-electron chi connectivity index (χ3n) is 4.81. The maximum Gasteiger partial charge on any atom is 0.248 e. The predicted octanol–water partition coefficient (Wildman–Crippen LogP) is 2.15. The Hall–Kier alpha value is -1.39.